The number of rotatable bonds is 89. The zero-order valence-electron chi connectivity index (χ0n) is 78.3. The fourth-order valence-corrected chi connectivity index (χ4v) is 16.7. The van der Waals surface area contributed by atoms with Gasteiger partial charge in [-0.05, 0) is 161 Å². The molecule has 0 radical (unpaired) electrons. The topological polar surface area (TPSA) is 148 Å². The van der Waals surface area contributed by atoms with Crippen molar-refractivity contribution in [2.75, 3.05) is 131 Å². The van der Waals surface area contributed by atoms with E-state index in [9.17, 15) is 24.0 Å². The first-order valence-corrected chi connectivity index (χ1v) is 50.8. The Kier molecular flexibility index (Phi) is 79.9. The van der Waals surface area contributed by atoms with Crippen LogP contribution in [0.4, 0.5) is 0 Å². The maximum atomic E-state index is 13.4. The van der Waals surface area contributed by atoms with Crippen molar-refractivity contribution in [2.45, 2.75) is 454 Å². The molecule has 1 aliphatic heterocycles. The highest BCUT2D eigenvalue weighted by molar-refractivity contribution is 5.74. The predicted molar refractivity (Wildman–Crippen MR) is 488 cm³/mol. The number of ether oxygens (including phenoxy) is 5. The highest BCUT2D eigenvalue weighted by Gasteiger charge is 2.26. The summed E-state index contributed by atoms with van der Waals surface area (Å²) in [4.78, 5) is 80.1. The summed E-state index contributed by atoms with van der Waals surface area (Å²) in [6, 6.07) is 0. The second-order valence-corrected chi connectivity index (χ2v) is 35.6. The van der Waals surface area contributed by atoms with E-state index in [1.54, 1.807) is 0 Å². The van der Waals surface area contributed by atoms with Gasteiger partial charge in [-0.25, -0.2) is 0 Å². The summed E-state index contributed by atoms with van der Waals surface area (Å²) in [5.74, 6) is 0.428. The van der Waals surface area contributed by atoms with Gasteiger partial charge < -0.3 is 38.4 Å². The molecule has 0 spiro atoms. The van der Waals surface area contributed by atoms with Crippen LogP contribution in [0.5, 0.6) is 0 Å². The quantitative estimate of drug-likeness (QED) is 0.0323. The number of hydrogen-bond acceptors (Lipinski definition) is 15. The zero-order chi connectivity index (χ0) is 83.8. The molecule has 115 heavy (non-hydrogen) atoms. The van der Waals surface area contributed by atoms with E-state index in [1.807, 2.05) is 0 Å². The van der Waals surface area contributed by atoms with Crippen molar-refractivity contribution in [3.05, 3.63) is 0 Å². The minimum Gasteiger partial charge on any atom is -0.465 e. The van der Waals surface area contributed by atoms with Crippen LogP contribution in [0, 0.1) is 29.6 Å². The van der Waals surface area contributed by atoms with Crippen LogP contribution < -0.4 is 0 Å². The second-order valence-electron chi connectivity index (χ2n) is 35.6. The molecule has 0 aromatic heterocycles. The Balaban J connectivity index is 3.23. The van der Waals surface area contributed by atoms with Gasteiger partial charge in [-0.2, -0.15) is 0 Å². The lowest BCUT2D eigenvalue weighted by molar-refractivity contribution is -0.150. The van der Waals surface area contributed by atoms with Gasteiger partial charge in [-0.1, -0.05) is 326 Å². The fourth-order valence-electron chi connectivity index (χ4n) is 16.7. The van der Waals surface area contributed by atoms with Crippen LogP contribution in [0.25, 0.3) is 0 Å². The van der Waals surface area contributed by atoms with Crippen LogP contribution >= 0.6 is 0 Å². The smallest absolute Gasteiger partial charge is 0.308 e. The molecule has 0 aromatic carbocycles. The summed E-state index contributed by atoms with van der Waals surface area (Å²) in [5.41, 5.74) is 0. The highest BCUT2D eigenvalue weighted by Crippen LogP contribution is 2.26. The van der Waals surface area contributed by atoms with Gasteiger partial charge in [0.25, 0.3) is 0 Å². The van der Waals surface area contributed by atoms with E-state index in [0.29, 0.717) is 33.0 Å². The third-order valence-electron chi connectivity index (χ3n) is 25.0. The van der Waals surface area contributed by atoms with Crippen LogP contribution in [-0.4, -0.2) is 186 Å². The Morgan fingerprint density at radius 2 is 0.365 bits per heavy atom. The average Bonchev–Trinajstić information content (AvgIpc) is 0.882. The zero-order valence-corrected chi connectivity index (χ0v) is 78.3. The number of esters is 5. The normalized spacial score (nSPS) is 14.2. The number of piperazine rings is 1. The van der Waals surface area contributed by atoms with Gasteiger partial charge in [-0.3, -0.25) is 33.8 Å². The van der Waals surface area contributed by atoms with Crippen LogP contribution in [0.1, 0.15) is 454 Å². The van der Waals surface area contributed by atoms with Crippen molar-refractivity contribution in [3.8, 4) is 0 Å². The van der Waals surface area contributed by atoms with Crippen LogP contribution in [0.3, 0.4) is 0 Å². The first-order valence-electron chi connectivity index (χ1n) is 50.8. The van der Waals surface area contributed by atoms with Crippen molar-refractivity contribution in [1.29, 1.82) is 0 Å². The third-order valence-corrected chi connectivity index (χ3v) is 25.0. The largest absolute Gasteiger partial charge is 0.465 e. The van der Waals surface area contributed by atoms with Gasteiger partial charge in [0, 0.05) is 65.4 Å². The van der Waals surface area contributed by atoms with E-state index >= 15 is 0 Å². The maximum Gasteiger partial charge on any atom is 0.308 e. The molecule has 0 amide bonds. The molecule has 15 heteroatoms. The first-order chi connectivity index (χ1) is 56.4. The van der Waals surface area contributed by atoms with Crippen molar-refractivity contribution >= 4 is 29.8 Å². The number of carbonyl (C=O) groups is 5. The van der Waals surface area contributed by atoms with Gasteiger partial charge in [0.05, 0.1) is 62.6 Å². The summed E-state index contributed by atoms with van der Waals surface area (Å²) >= 11 is 0. The van der Waals surface area contributed by atoms with Gasteiger partial charge in [-0.15, -0.1) is 0 Å². The van der Waals surface area contributed by atoms with Crippen molar-refractivity contribution in [1.82, 2.24) is 24.5 Å². The molecule has 0 saturated carbocycles. The molecule has 1 aliphatic rings. The molecule has 15 nitrogen and oxygen atoms in total. The van der Waals surface area contributed by atoms with Crippen molar-refractivity contribution in [2.24, 2.45) is 29.6 Å². The molecule has 1 saturated heterocycles. The molecule has 1 heterocycles. The van der Waals surface area contributed by atoms with E-state index < -0.39 is 0 Å². The summed E-state index contributed by atoms with van der Waals surface area (Å²) in [6.45, 7) is 41.2. The lowest BCUT2D eigenvalue weighted by atomic mass is 9.95. The average molecular weight is 1630 g/mol. The minimum absolute atomic E-state index is 0.0323. The SMILES string of the molecule is CCCCCCC(CCCC)C(=O)OCCCCCCN(CCCCCCOC(=O)C(CCCC)CCCCCC)CCN(CCCCCCOC(=O)C(CCCC)CCCCCC)CCN1CCN(CCN(CCCCCCOC(=O)C(CCCC)CCCCCC)CCCCCCOC(=O)C(CCCC)CCCCCC)CC1. The molecule has 0 aromatic rings. The summed E-state index contributed by atoms with van der Waals surface area (Å²) in [5, 5.41) is 0. The lowest BCUT2D eigenvalue weighted by Crippen LogP contribution is -2.50. The minimum atomic E-state index is 0.0323. The van der Waals surface area contributed by atoms with E-state index in [1.165, 1.54) is 96.3 Å². The first kappa shape index (κ1) is 110. The number of carbonyl (C=O) groups excluding carboxylic acids is 5. The summed E-state index contributed by atoms with van der Waals surface area (Å²) in [7, 11) is 0. The van der Waals surface area contributed by atoms with Gasteiger partial charge >= 0.3 is 29.8 Å². The van der Waals surface area contributed by atoms with E-state index in [-0.39, 0.29) is 59.4 Å². The predicted octanol–water partition coefficient (Wildman–Crippen LogP) is 25.9. The van der Waals surface area contributed by atoms with Crippen LogP contribution in [0.2, 0.25) is 0 Å². The lowest BCUT2D eigenvalue weighted by Gasteiger charge is -2.37. The molecular formula is C100H195N5O10. The highest BCUT2D eigenvalue weighted by atomic mass is 16.5. The van der Waals surface area contributed by atoms with Crippen LogP contribution in [-0.2, 0) is 47.7 Å². The molecule has 0 N–H and O–H groups in total. The molecule has 0 bridgehead atoms. The number of unbranched alkanes of at least 4 members (excludes halogenated alkanes) is 35. The van der Waals surface area contributed by atoms with E-state index in [2.05, 4.69) is 93.7 Å². The third kappa shape index (κ3) is 65.5. The Morgan fingerprint density at radius 1 is 0.200 bits per heavy atom. The fraction of sp³-hybridized carbons (Fsp3) is 0.950. The molecule has 0 aliphatic carbocycles. The Bertz CT molecular complexity index is 2030. The number of nitrogens with zero attached hydrogens (tertiary/aromatic N) is 5. The van der Waals surface area contributed by atoms with Gasteiger partial charge in [0.1, 0.15) is 0 Å². The molecular weight excluding hydrogens is 1430 g/mol. The maximum absolute atomic E-state index is 13.4. The van der Waals surface area contributed by atoms with E-state index in [0.717, 1.165) is 387 Å². The standard InChI is InChI=1S/C100H195N5O10/c1-11-21-31-46-66-91(61-26-16-6)96(106)111-86-56-41-36-51-71-101(72-52-37-42-57-87-112-97(107)92(62-27-17-7)67-47-32-22-12-2)76-78-103(75-55-40-45-60-90-115-100(110)95(65-30-20-10)70-50-35-25-15-5)79-81-105-84-82-104(83-85-105)80-77-102(73-53-38-43-58-88-113-98(108)93(63-28-18-8)68-48-33-23-13-3)74-54-39-44-59-89-114-99(109)94(64-29-19-9)69-49-34-24-14-4/h91-95H,11-90H2,1-10H3. The Morgan fingerprint density at radius 3 is 0.565 bits per heavy atom. The summed E-state index contributed by atoms with van der Waals surface area (Å²) in [6.07, 6.45) is 66.0. The van der Waals surface area contributed by atoms with Crippen molar-refractivity contribution in [3.63, 3.8) is 0 Å². The molecule has 680 valence electrons. The van der Waals surface area contributed by atoms with E-state index in [4.69, 9.17) is 23.7 Å². The van der Waals surface area contributed by atoms with Gasteiger partial charge in [0.2, 0.25) is 0 Å². The molecule has 1 fully saturated rings. The Labute approximate surface area is 713 Å². The van der Waals surface area contributed by atoms with Crippen LogP contribution in [0.15, 0.2) is 0 Å². The molecule has 5 unspecified atom stereocenters. The van der Waals surface area contributed by atoms with Gasteiger partial charge in [0.15, 0.2) is 0 Å². The molecule has 5 atom stereocenters. The Hall–Kier alpha value is -2.85. The monoisotopic (exact) mass is 1630 g/mol. The number of hydrogen-bond donors (Lipinski definition) is 0. The summed E-state index contributed by atoms with van der Waals surface area (Å²) < 4.78 is 29.8. The van der Waals surface area contributed by atoms with Crippen molar-refractivity contribution < 1.29 is 47.7 Å². The molecule has 1 rings (SSSR count). The second kappa shape index (κ2) is 83.4.